The van der Waals surface area contributed by atoms with E-state index in [1.165, 1.54) is 62.5 Å². The maximum Gasteiger partial charge on any atom is 0.0721 e. The molecule has 0 spiro atoms. The predicted molar refractivity (Wildman–Crippen MR) is 107 cm³/mol. The first-order chi connectivity index (χ1) is 12.3. The number of benzene rings is 1. The molecule has 0 aliphatic heterocycles. The van der Waals surface area contributed by atoms with Gasteiger partial charge < -0.3 is 4.74 Å². The fourth-order valence-electron chi connectivity index (χ4n) is 4.92. The summed E-state index contributed by atoms with van der Waals surface area (Å²) in [5.41, 5.74) is 2.79. The average molecular weight is 339 g/mol. The lowest BCUT2D eigenvalue weighted by atomic mass is 9.68. The van der Waals surface area contributed by atoms with Crippen LogP contribution >= 0.6 is 0 Å². The zero-order chi connectivity index (χ0) is 17.5. The number of rotatable bonds is 7. The van der Waals surface area contributed by atoms with E-state index in [2.05, 4.69) is 43.5 Å². The third-order valence-corrected chi connectivity index (χ3v) is 6.54. The maximum absolute atomic E-state index is 5.53. The van der Waals surface area contributed by atoms with Crippen LogP contribution in [0.4, 0.5) is 0 Å². The van der Waals surface area contributed by atoms with Gasteiger partial charge in [0, 0.05) is 0 Å². The summed E-state index contributed by atoms with van der Waals surface area (Å²) in [5.74, 6) is 3.53. The van der Waals surface area contributed by atoms with Gasteiger partial charge in [-0.1, -0.05) is 36.4 Å². The molecule has 1 aromatic rings. The zero-order valence-electron chi connectivity index (χ0n) is 15.7. The van der Waals surface area contributed by atoms with Gasteiger partial charge in [0.15, 0.2) is 0 Å². The van der Waals surface area contributed by atoms with Crippen LogP contribution in [0.15, 0.2) is 49.6 Å². The minimum absolute atomic E-state index is 0.625. The Hall–Kier alpha value is -1.34. The summed E-state index contributed by atoms with van der Waals surface area (Å²) >= 11 is 0. The Morgan fingerprint density at radius 3 is 2.00 bits per heavy atom. The van der Waals surface area contributed by atoms with Gasteiger partial charge in [0.05, 0.1) is 13.2 Å². The standard InChI is InChI=1S/C24H34O/c1-3-17-25-18-20-7-11-22(12-8-20)24-15-13-23(14-16-24)21-9-5-19(4-2)6-10-21/h3-4,7-8,11-12,19,21,23-24H,1-2,5-6,9-10,13-18H2. The van der Waals surface area contributed by atoms with Crippen molar-refractivity contribution in [2.75, 3.05) is 6.61 Å². The SMILES string of the molecule is C=CCOCc1ccc(C2CCC(C3CCC(C=C)CC3)CC2)cc1. The van der Waals surface area contributed by atoms with Crippen molar-refractivity contribution in [3.8, 4) is 0 Å². The molecule has 3 rings (SSSR count). The van der Waals surface area contributed by atoms with Gasteiger partial charge in [0.25, 0.3) is 0 Å². The monoisotopic (exact) mass is 338 g/mol. The van der Waals surface area contributed by atoms with Crippen LogP contribution in [0, 0.1) is 17.8 Å². The summed E-state index contributed by atoms with van der Waals surface area (Å²) < 4.78 is 5.53. The van der Waals surface area contributed by atoms with Crippen LogP contribution in [0.25, 0.3) is 0 Å². The summed E-state index contributed by atoms with van der Waals surface area (Å²) in [7, 11) is 0. The largest absolute Gasteiger partial charge is 0.373 e. The molecule has 25 heavy (non-hydrogen) atoms. The van der Waals surface area contributed by atoms with Gasteiger partial charge in [-0.15, -0.1) is 13.2 Å². The summed E-state index contributed by atoms with van der Waals surface area (Å²) in [4.78, 5) is 0. The lowest BCUT2D eigenvalue weighted by Gasteiger charge is -2.37. The fraction of sp³-hybridized carbons (Fsp3) is 0.583. The number of ether oxygens (including phenoxy) is 1. The quantitative estimate of drug-likeness (QED) is 0.399. The van der Waals surface area contributed by atoms with Crippen LogP contribution in [-0.4, -0.2) is 6.61 Å². The first-order valence-electron chi connectivity index (χ1n) is 10.2. The Labute approximate surface area is 154 Å². The van der Waals surface area contributed by atoms with Crippen molar-refractivity contribution in [3.63, 3.8) is 0 Å². The Balaban J connectivity index is 1.45. The molecule has 136 valence electrons. The minimum Gasteiger partial charge on any atom is -0.373 e. The Morgan fingerprint density at radius 1 is 0.840 bits per heavy atom. The molecule has 0 aromatic heterocycles. The van der Waals surface area contributed by atoms with Crippen molar-refractivity contribution in [1.82, 2.24) is 0 Å². The molecular formula is C24H34O. The molecule has 2 aliphatic rings. The smallest absolute Gasteiger partial charge is 0.0721 e. The van der Waals surface area contributed by atoms with Gasteiger partial charge in [-0.3, -0.25) is 0 Å². The highest BCUT2D eigenvalue weighted by molar-refractivity contribution is 5.25. The van der Waals surface area contributed by atoms with Gasteiger partial charge in [-0.05, 0) is 86.2 Å². The third-order valence-electron chi connectivity index (χ3n) is 6.54. The number of hydrogen-bond donors (Lipinski definition) is 0. The van der Waals surface area contributed by atoms with Crippen molar-refractivity contribution in [3.05, 3.63) is 60.7 Å². The molecule has 2 fully saturated rings. The molecule has 0 radical (unpaired) electrons. The first kappa shape index (κ1) is 18.5. The summed E-state index contributed by atoms with van der Waals surface area (Å²) in [5, 5.41) is 0. The molecule has 0 unspecified atom stereocenters. The van der Waals surface area contributed by atoms with Gasteiger partial charge >= 0.3 is 0 Å². The summed E-state index contributed by atoms with van der Waals surface area (Å²) in [6.07, 6.45) is 15.2. The van der Waals surface area contributed by atoms with Crippen molar-refractivity contribution in [1.29, 1.82) is 0 Å². The van der Waals surface area contributed by atoms with E-state index in [0.29, 0.717) is 13.2 Å². The summed E-state index contributed by atoms with van der Waals surface area (Å²) in [6.45, 7) is 8.98. The predicted octanol–water partition coefficient (Wildman–Crippen LogP) is 6.66. The van der Waals surface area contributed by atoms with E-state index in [0.717, 1.165) is 23.7 Å². The molecule has 0 saturated heterocycles. The molecule has 0 N–H and O–H groups in total. The van der Waals surface area contributed by atoms with Gasteiger partial charge in [-0.2, -0.15) is 0 Å². The Morgan fingerprint density at radius 2 is 1.44 bits per heavy atom. The highest BCUT2D eigenvalue weighted by Gasteiger charge is 2.30. The highest BCUT2D eigenvalue weighted by atomic mass is 16.5. The second-order valence-electron chi connectivity index (χ2n) is 8.07. The molecule has 0 bridgehead atoms. The van der Waals surface area contributed by atoms with E-state index < -0.39 is 0 Å². The van der Waals surface area contributed by atoms with E-state index in [1.807, 2.05) is 0 Å². The molecule has 2 aliphatic carbocycles. The number of hydrogen-bond acceptors (Lipinski definition) is 1. The molecular weight excluding hydrogens is 304 g/mol. The van der Waals surface area contributed by atoms with E-state index >= 15 is 0 Å². The molecule has 1 nitrogen and oxygen atoms in total. The minimum atomic E-state index is 0.625. The first-order valence-corrected chi connectivity index (χ1v) is 10.2. The Kier molecular flexibility index (Phi) is 6.93. The Bertz CT molecular complexity index is 528. The van der Waals surface area contributed by atoms with Crippen LogP contribution in [0.2, 0.25) is 0 Å². The topological polar surface area (TPSA) is 9.23 Å². The van der Waals surface area contributed by atoms with Gasteiger partial charge in [-0.25, -0.2) is 0 Å². The van der Waals surface area contributed by atoms with Crippen LogP contribution in [0.1, 0.15) is 68.4 Å². The fourth-order valence-corrected chi connectivity index (χ4v) is 4.92. The van der Waals surface area contributed by atoms with Crippen molar-refractivity contribution in [2.45, 2.75) is 63.9 Å². The van der Waals surface area contributed by atoms with Crippen LogP contribution in [-0.2, 0) is 11.3 Å². The van der Waals surface area contributed by atoms with E-state index in [1.54, 1.807) is 6.08 Å². The lowest BCUT2D eigenvalue weighted by Crippen LogP contribution is -2.25. The maximum atomic E-state index is 5.53. The van der Waals surface area contributed by atoms with E-state index in [9.17, 15) is 0 Å². The second kappa shape index (κ2) is 9.38. The van der Waals surface area contributed by atoms with E-state index in [4.69, 9.17) is 4.74 Å². The van der Waals surface area contributed by atoms with E-state index in [-0.39, 0.29) is 0 Å². The third kappa shape index (κ3) is 5.07. The molecule has 0 heterocycles. The van der Waals surface area contributed by atoms with Gasteiger partial charge in [0.1, 0.15) is 0 Å². The molecule has 0 atom stereocenters. The lowest BCUT2D eigenvalue weighted by molar-refractivity contribution is 0.149. The van der Waals surface area contributed by atoms with Crippen molar-refractivity contribution >= 4 is 0 Å². The zero-order valence-corrected chi connectivity index (χ0v) is 15.7. The van der Waals surface area contributed by atoms with Crippen LogP contribution in [0.3, 0.4) is 0 Å². The normalized spacial score (nSPS) is 29.9. The van der Waals surface area contributed by atoms with Crippen molar-refractivity contribution < 1.29 is 4.74 Å². The van der Waals surface area contributed by atoms with Gasteiger partial charge in [0.2, 0.25) is 0 Å². The van der Waals surface area contributed by atoms with Crippen molar-refractivity contribution in [2.24, 2.45) is 17.8 Å². The molecule has 0 amide bonds. The highest BCUT2D eigenvalue weighted by Crippen LogP contribution is 2.44. The second-order valence-corrected chi connectivity index (χ2v) is 8.07. The average Bonchev–Trinajstić information content (AvgIpc) is 2.69. The van der Waals surface area contributed by atoms with Crippen LogP contribution in [0.5, 0.6) is 0 Å². The summed E-state index contributed by atoms with van der Waals surface area (Å²) in [6, 6.07) is 9.13. The number of allylic oxidation sites excluding steroid dienone is 1. The van der Waals surface area contributed by atoms with Crippen LogP contribution < -0.4 is 0 Å². The molecule has 2 saturated carbocycles. The molecule has 1 heteroatoms. The molecule has 1 aromatic carbocycles.